The number of nitrogens with zero attached hydrogens (tertiary/aromatic N) is 4. The van der Waals surface area contributed by atoms with Gasteiger partial charge < -0.3 is 15.1 Å². The molecule has 0 radical (unpaired) electrons. The van der Waals surface area contributed by atoms with Crippen LogP contribution in [0.25, 0.3) is 0 Å². The lowest BCUT2D eigenvalue weighted by Gasteiger charge is -2.39. The van der Waals surface area contributed by atoms with Gasteiger partial charge in [0.2, 0.25) is 5.91 Å². The zero-order chi connectivity index (χ0) is 20.9. The molecule has 2 aliphatic heterocycles. The number of likely N-dealkylation sites (N-methyl/N-ethyl adjacent to an activating group) is 1. The summed E-state index contributed by atoms with van der Waals surface area (Å²) in [7, 11) is -1.47. The Morgan fingerprint density at radius 1 is 1.03 bits per heavy atom. The molecule has 0 unspecified atom stereocenters. The van der Waals surface area contributed by atoms with Crippen LogP contribution in [0.15, 0.2) is 16.8 Å². The van der Waals surface area contributed by atoms with Crippen molar-refractivity contribution in [3.63, 3.8) is 0 Å². The third-order valence-electron chi connectivity index (χ3n) is 5.34. The van der Waals surface area contributed by atoms with Crippen LogP contribution in [-0.2, 0) is 15.0 Å². The summed E-state index contributed by atoms with van der Waals surface area (Å²) in [4.78, 5) is 28.1. The SMILES string of the molecule is CN1CCN(S(=O)(=O)N2CCN(C(=O)CCCNC(=O)c3ccsc3)CC2)CC1. The van der Waals surface area contributed by atoms with Crippen molar-refractivity contribution in [2.75, 3.05) is 66.0 Å². The van der Waals surface area contributed by atoms with E-state index in [1.165, 1.54) is 15.6 Å². The van der Waals surface area contributed by atoms with E-state index in [1.807, 2.05) is 12.4 Å². The number of hydrogen-bond donors (Lipinski definition) is 1. The molecule has 1 aromatic rings. The molecule has 162 valence electrons. The zero-order valence-electron chi connectivity index (χ0n) is 16.7. The number of rotatable bonds is 7. The monoisotopic (exact) mass is 443 g/mol. The van der Waals surface area contributed by atoms with Gasteiger partial charge in [0.15, 0.2) is 0 Å². The first kappa shape index (κ1) is 22.2. The predicted molar refractivity (Wildman–Crippen MR) is 112 cm³/mol. The molecule has 2 aliphatic rings. The number of carbonyl (C=O) groups is 2. The lowest BCUT2D eigenvalue weighted by molar-refractivity contribution is -0.132. The minimum absolute atomic E-state index is 0.00595. The van der Waals surface area contributed by atoms with Gasteiger partial charge in [0.25, 0.3) is 16.1 Å². The summed E-state index contributed by atoms with van der Waals surface area (Å²) in [6, 6.07) is 1.76. The molecule has 9 nitrogen and oxygen atoms in total. The maximum Gasteiger partial charge on any atom is 0.282 e. The van der Waals surface area contributed by atoms with Gasteiger partial charge in [-0.1, -0.05) is 0 Å². The molecule has 0 aromatic carbocycles. The first-order chi connectivity index (χ1) is 13.9. The number of amides is 2. The summed E-state index contributed by atoms with van der Waals surface area (Å²) < 4.78 is 28.6. The van der Waals surface area contributed by atoms with E-state index in [1.54, 1.807) is 20.7 Å². The molecule has 0 saturated carbocycles. The second kappa shape index (κ2) is 9.98. The van der Waals surface area contributed by atoms with Crippen LogP contribution in [0.5, 0.6) is 0 Å². The molecule has 0 aliphatic carbocycles. The van der Waals surface area contributed by atoms with E-state index in [0.29, 0.717) is 64.2 Å². The Morgan fingerprint density at radius 2 is 1.66 bits per heavy atom. The van der Waals surface area contributed by atoms with Crippen molar-refractivity contribution < 1.29 is 18.0 Å². The summed E-state index contributed by atoms with van der Waals surface area (Å²) in [6.07, 6.45) is 0.906. The topological polar surface area (TPSA) is 93.3 Å². The van der Waals surface area contributed by atoms with E-state index in [4.69, 9.17) is 0 Å². The van der Waals surface area contributed by atoms with Gasteiger partial charge in [-0.2, -0.15) is 28.4 Å². The molecule has 2 saturated heterocycles. The van der Waals surface area contributed by atoms with Crippen LogP contribution in [0.1, 0.15) is 23.2 Å². The summed E-state index contributed by atoms with van der Waals surface area (Å²) in [5.41, 5.74) is 0.638. The molecular formula is C18H29N5O4S2. The van der Waals surface area contributed by atoms with Gasteiger partial charge in [-0.3, -0.25) is 9.59 Å². The highest BCUT2D eigenvalue weighted by atomic mass is 32.2. The maximum atomic E-state index is 12.8. The third-order valence-corrected chi connectivity index (χ3v) is 8.06. The maximum absolute atomic E-state index is 12.8. The third kappa shape index (κ3) is 5.76. The molecule has 0 spiro atoms. The van der Waals surface area contributed by atoms with Gasteiger partial charge in [-0.05, 0) is 24.9 Å². The van der Waals surface area contributed by atoms with E-state index < -0.39 is 10.2 Å². The molecule has 2 fully saturated rings. The second-order valence-corrected chi connectivity index (χ2v) is 10.1. The number of hydrogen-bond acceptors (Lipinski definition) is 6. The number of nitrogens with one attached hydrogen (secondary N) is 1. The van der Waals surface area contributed by atoms with Crippen LogP contribution < -0.4 is 5.32 Å². The highest BCUT2D eigenvalue weighted by Gasteiger charge is 2.34. The lowest BCUT2D eigenvalue weighted by atomic mass is 10.2. The van der Waals surface area contributed by atoms with Gasteiger partial charge in [0.05, 0.1) is 0 Å². The molecule has 11 heteroatoms. The fourth-order valence-electron chi connectivity index (χ4n) is 3.45. The van der Waals surface area contributed by atoms with Crippen LogP contribution in [0.3, 0.4) is 0 Å². The summed E-state index contributed by atoms with van der Waals surface area (Å²) in [5.74, 6) is -0.118. The van der Waals surface area contributed by atoms with E-state index in [0.717, 1.165) is 13.1 Å². The summed E-state index contributed by atoms with van der Waals surface area (Å²) in [6.45, 7) is 4.41. The van der Waals surface area contributed by atoms with Crippen LogP contribution in [0, 0.1) is 0 Å². The molecule has 1 N–H and O–H groups in total. The Morgan fingerprint density at radius 3 is 2.24 bits per heavy atom. The predicted octanol–water partition coefficient (Wildman–Crippen LogP) is -0.105. The smallest absolute Gasteiger partial charge is 0.282 e. The zero-order valence-corrected chi connectivity index (χ0v) is 18.4. The molecule has 2 amide bonds. The normalized spacial score (nSPS) is 20.0. The average Bonchev–Trinajstić information content (AvgIpc) is 3.26. The average molecular weight is 444 g/mol. The molecular weight excluding hydrogens is 414 g/mol. The van der Waals surface area contributed by atoms with Crippen molar-refractivity contribution in [1.82, 2.24) is 23.7 Å². The van der Waals surface area contributed by atoms with Crippen LogP contribution in [-0.4, -0.2) is 105 Å². The minimum atomic E-state index is -3.45. The molecule has 29 heavy (non-hydrogen) atoms. The van der Waals surface area contributed by atoms with Gasteiger partial charge in [0.1, 0.15) is 0 Å². The summed E-state index contributed by atoms with van der Waals surface area (Å²) >= 11 is 1.47. The Labute approximate surface area is 176 Å². The number of piperazine rings is 2. The van der Waals surface area contributed by atoms with Crippen molar-refractivity contribution in [2.45, 2.75) is 12.8 Å². The lowest BCUT2D eigenvalue weighted by Crippen LogP contribution is -2.57. The Hall–Kier alpha value is -1.53. The van der Waals surface area contributed by atoms with Gasteiger partial charge in [0, 0.05) is 76.3 Å². The first-order valence-electron chi connectivity index (χ1n) is 9.90. The van der Waals surface area contributed by atoms with E-state index in [2.05, 4.69) is 10.2 Å². The van der Waals surface area contributed by atoms with Crippen LogP contribution >= 0.6 is 11.3 Å². The number of thiophene rings is 1. The fourth-order valence-corrected chi connectivity index (χ4v) is 5.66. The van der Waals surface area contributed by atoms with Crippen molar-refractivity contribution in [1.29, 1.82) is 0 Å². The van der Waals surface area contributed by atoms with Gasteiger partial charge in [-0.25, -0.2) is 0 Å². The van der Waals surface area contributed by atoms with Crippen molar-refractivity contribution in [2.24, 2.45) is 0 Å². The minimum Gasteiger partial charge on any atom is -0.352 e. The van der Waals surface area contributed by atoms with Gasteiger partial charge >= 0.3 is 0 Å². The van der Waals surface area contributed by atoms with Crippen molar-refractivity contribution in [3.8, 4) is 0 Å². The fraction of sp³-hybridized carbons (Fsp3) is 0.667. The molecule has 3 rings (SSSR count). The first-order valence-corrected chi connectivity index (χ1v) is 12.2. The molecule has 3 heterocycles. The van der Waals surface area contributed by atoms with Gasteiger partial charge in [-0.15, -0.1) is 0 Å². The van der Waals surface area contributed by atoms with Crippen molar-refractivity contribution in [3.05, 3.63) is 22.4 Å². The quantitative estimate of drug-likeness (QED) is 0.594. The Kier molecular flexibility index (Phi) is 7.63. The highest BCUT2D eigenvalue weighted by molar-refractivity contribution is 7.86. The molecule has 1 aromatic heterocycles. The highest BCUT2D eigenvalue weighted by Crippen LogP contribution is 2.15. The van der Waals surface area contributed by atoms with Crippen LogP contribution in [0.2, 0.25) is 0 Å². The van der Waals surface area contributed by atoms with E-state index in [9.17, 15) is 18.0 Å². The van der Waals surface area contributed by atoms with E-state index in [-0.39, 0.29) is 11.8 Å². The summed E-state index contributed by atoms with van der Waals surface area (Å²) in [5, 5.41) is 6.45. The standard InChI is InChI=1S/C18H29N5O4S2/c1-20-6-10-22(11-7-20)29(26,27)23-12-8-21(9-13-23)17(24)3-2-5-19-18(25)16-4-14-28-15-16/h4,14-15H,2-3,5-13H2,1H3,(H,19,25). The Bertz CT molecular complexity index is 783. The number of carbonyl (C=O) groups excluding carboxylic acids is 2. The second-order valence-electron chi connectivity index (χ2n) is 7.36. The molecule has 0 atom stereocenters. The van der Waals surface area contributed by atoms with E-state index >= 15 is 0 Å². The van der Waals surface area contributed by atoms with Crippen molar-refractivity contribution >= 4 is 33.4 Å². The largest absolute Gasteiger partial charge is 0.352 e. The Balaban J connectivity index is 1.37. The molecule has 0 bridgehead atoms. The van der Waals surface area contributed by atoms with Crippen LogP contribution in [0.4, 0.5) is 0 Å².